The molecule has 1 aliphatic carbocycles. The summed E-state index contributed by atoms with van der Waals surface area (Å²) in [4.78, 5) is 0. The van der Waals surface area contributed by atoms with E-state index in [1.54, 1.807) is 0 Å². The fourth-order valence-electron chi connectivity index (χ4n) is 3.21. The molecule has 3 nitrogen and oxygen atoms in total. The quantitative estimate of drug-likeness (QED) is 0.869. The molecule has 1 heterocycles. The lowest BCUT2D eigenvalue weighted by molar-refractivity contribution is 0.219. The third-order valence-corrected chi connectivity index (χ3v) is 4.05. The normalized spacial score (nSPS) is 27.0. The summed E-state index contributed by atoms with van der Waals surface area (Å²) in [6.45, 7) is 5.61. The molecule has 0 aromatic carbocycles. The zero-order valence-corrected chi connectivity index (χ0v) is 11.3. The van der Waals surface area contributed by atoms with Crippen LogP contribution in [0.3, 0.4) is 0 Å². The summed E-state index contributed by atoms with van der Waals surface area (Å²) in [6.07, 6.45) is 7.40. The van der Waals surface area contributed by atoms with Crippen LogP contribution in [0.4, 0.5) is 0 Å². The van der Waals surface area contributed by atoms with Gasteiger partial charge in [-0.2, -0.15) is 5.10 Å². The SMILES string of the molecule is CCNC(c1ccnn1C)C1CCCC(C)C1. The summed E-state index contributed by atoms with van der Waals surface area (Å²) in [5, 5.41) is 7.97. The lowest BCUT2D eigenvalue weighted by Gasteiger charge is -2.33. The van der Waals surface area contributed by atoms with Crippen molar-refractivity contribution in [2.75, 3.05) is 6.54 Å². The molecule has 1 N–H and O–H groups in total. The van der Waals surface area contributed by atoms with Gasteiger partial charge in [0.25, 0.3) is 0 Å². The first-order valence-corrected chi connectivity index (χ1v) is 6.93. The minimum atomic E-state index is 0.482. The third kappa shape index (κ3) is 2.89. The molecule has 0 bridgehead atoms. The van der Waals surface area contributed by atoms with Gasteiger partial charge in [0.2, 0.25) is 0 Å². The molecule has 3 unspecified atom stereocenters. The fourth-order valence-corrected chi connectivity index (χ4v) is 3.21. The van der Waals surface area contributed by atoms with Gasteiger partial charge in [-0.25, -0.2) is 0 Å². The van der Waals surface area contributed by atoms with E-state index < -0.39 is 0 Å². The van der Waals surface area contributed by atoms with Crippen LogP contribution in [0, 0.1) is 11.8 Å². The van der Waals surface area contributed by atoms with Gasteiger partial charge in [0, 0.05) is 13.2 Å². The van der Waals surface area contributed by atoms with E-state index in [4.69, 9.17) is 0 Å². The number of nitrogens with zero attached hydrogens (tertiary/aromatic N) is 2. The van der Waals surface area contributed by atoms with Crippen molar-refractivity contribution in [3.05, 3.63) is 18.0 Å². The Hall–Kier alpha value is -0.830. The lowest BCUT2D eigenvalue weighted by Crippen LogP contribution is -2.32. The molecule has 0 radical (unpaired) electrons. The largest absolute Gasteiger partial charge is 0.309 e. The third-order valence-electron chi connectivity index (χ3n) is 4.05. The van der Waals surface area contributed by atoms with Gasteiger partial charge in [-0.3, -0.25) is 4.68 Å². The molecule has 0 spiro atoms. The van der Waals surface area contributed by atoms with E-state index in [2.05, 4.69) is 30.3 Å². The average molecular weight is 235 g/mol. The molecule has 1 aromatic rings. The average Bonchev–Trinajstić information content (AvgIpc) is 2.72. The highest BCUT2D eigenvalue weighted by molar-refractivity contribution is 5.08. The molecule has 1 aromatic heterocycles. The Morgan fingerprint density at radius 1 is 1.53 bits per heavy atom. The van der Waals surface area contributed by atoms with Crippen LogP contribution < -0.4 is 5.32 Å². The Morgan fingerprint density at radius 3 is 2.94 bits per heavy atom. The molecular weight excluding hydrogens is 210 g/mol. The summed E-state index contributed by atoms with van der Waals surface area (Å²) in [5.41, 5.74) is 1.34. The van der Waals surface area contributed by atoms with Gasteiger partial charge in [-0.05, 0) is 37.3 Å². The highest BCUT2D eigenvalue weighted by Crippen LogP contribution is 2.36. The highest BCUT2D eigenvalue weighted by Gasteiger charge is 2.28. The first kappa shape index (κ1) is 12.6. The van der Waals surface area contributed by atoms with Gasteiger partial charge in [-0.1, -0.05) is 26.7 Å². The zero-order chi connectivity index (χ0) is 12.3. The van der Waals surface area contributed by atoms with Crippen molar-refractivity contribution in [3.8, 4) is 0 Å². The maximum absolute atomic E-state index is 4.31. The van der Waals surface area contributed by atoms with Gasteiger partial charge in [0.15, 0.2) is 0 Å². The molecule has 96 valence electrons. The van der Waals surface area contributed by atoms with E-state index in [1.165, 1.54) is 31.4 Å². The minimum absolute atomic E-state index is 0.482. The van der Waals surface area contributed by atoms with Crippen molar-refractivity contribution in [2.45, 2.75) is 45.6 Å². The zero-order valence-electron chi connectivity index (χ0n) is 11.3. The molecule has 1 fully saturated rings. The lowest BCUT2D eigenvalue weighted by atomic mass is 9.77. The van der Waals surface area contributed by atoms with Crippen molar-refractivity contribution in [3.63, 3.8) is 0 Å². The predicted octanol–water partition coefficient (Wildman–Crippen LogP) is 2.90. The van der Waals surface area contributed by atoms with Gasteiger partial charge >= 0.3 is 0 Å². The number of nitrogens with one attached hydrogen (secondary N) is 1. The van der Waals surface area contributed by atoms with Gasteiger partial charge in [-0.15, -0.1) is 0 Å². The molecular formula is C14H25N3. The Kier molecular flexibility index (Phi) is 4.21. The van der Waals surface area contributed by atoms with Crippen LogP contribution in [0.25, 0.3) is 0 Å². The van der Waals surface area contributed by atoms with Crippen molar-refractivity contribution in [2.24, 2.45) is 18.9 Å². The molecule has 17 heavy (non-hydrogen) atoms. The van der Waals surface area contributed by atoms with E-state index in [-0.39, 0.29) is 0 Å². The van der Waals surface area contributed by atoms with Crippen LogP contribution in [0.5, 0.6) is 0 Å². The topological polar surface area (TPSA) is 29.9 Å². The first-order chi connectivity index (χ1) is 8.22. The maximum Gasteiger partial charge on any atom is 0.0553 e. The number of aromatic nitrogens is 2. The fraction of sp³-hybridized carbons (Fsp3) is 0.786. The van der Waals surface area contributed by atoms with Crippen LogP contribution in [0.15, 0.2) is 12.3 Å². The number of hydrogen-bond acceptors (Lipinski definition) is 2. The summed E-state index contributed by atoms with van der Waals surface area (Å²) in [7, 11) is 2.05. The molecule has 1 saturated carbocycles. The molecule has 3 heteroatoms. The summed E-state index contributed by atoms with van der Waals surface area (Å²) >= 11 is 0. The standard InChI is InChI=1S/C14H25N3/c1-4-15-14(13-8-9-16-17(13)3)12-7-5-6-11(2)10-12/h8-9,11-12,14-15H,4-7,10H2,1-3H3. The number of rotatable bonds is 4. The van der Waals surface area contributed by atoms with E-state index in [1.807, 2.05) is 17.9 Å². The molecule has 1 aliphatic rings. The van der Waals surface area contributed by atoms with Crippen LogP contribution in [0.2, 0.25) is 0 Å². The molecule has 0 aliphatic heterocycles. The van der Waals surface area contributed by atoms with E-state index in [0.29, 0.717) is 6.04 Å². The summed E-state index contributed by atoms with van der Waals surface area (Å²) in [5.74, 6) is 1.65. The maximum atomic E-state index is 4.31. The second-order valence-electron chi connectivity index (χ2n) is 5.45. The summed E-state index contributed by atoms with van der Waals surface area (Å²) in [6, 6.07) is 2.64. The Labute approximate surface area is 105 Å². The number of hydrogen-bond donors (Lipinski definition) is 1. The van der Waals surface area contributed by atoms with E-state index in [0.717, 1.165) is 18.4 Å². The smallest absolute Gasteiger partial charge is 0.0553 e. The summed E-state index contributed by atoms with van der Waals surface area (Å²) < 4.78 is 2.02. The first-order valence-electron chi connectivity index (χ1n) is 6.93. The monoisotopic (exact) mass is 235 g/mol. The van der Waals surface area contributed by atoms with Gasteiger partial charge in [0.05, 0.1) is 11.7 Å². The molecule has 2 rings (SSSR count). The van der Waals surface area contributed by atoms with Gasteiger partial charge < -0.3 is 5.32 Å². The molecule has 0 saturated heterocycles. The van der Waals surface area contributed by atoms with E-state index >= 15 is 0 Å². The van der Waals surface area contributed by atoms with Crippen LogP contribution in [-0.2, 0) is 7.05 Å². The molecule has 3 atom stereocenters. The van der Waals surface area contributed by atoms with Crippen molar-refractivity contribution < 1.29 is 0 Å². The van der Waals surface area contributed by atoms with Gasteiger partial charge in [0.1, 0.15) is 0 Å². The van der Waals surface area contributed by atoms with Crippen LogP contribution in [-0.4, -0.2) is 16.3 Å². The Bertz CT molecular complexity index is 345. The highest BCUT2D eigenvalue weighted by atomic mass is 15.3. The van der Waals surface area contributed by atoms with Crippen molar-refractivity contribution in [1.29, 1.82) is 0 Å². The molecule has 0 amide bonds. The Morgan fingerprint density at radius 2 is 2.35 bits per heavy atom. The van der Waals surface area contributed by atoms with Crippen molar-refractivity contribution in [1.82, 2.24) is 15.1 Å². The minimum Gasteiger partial charge on any atom is -0.309 e. The number of aryl methyl sites for hydroxylation is 1. The van der Waals surface area contributed by atoms with Crippen LogP contribution >= 0.6 is 0 Å². The van der Waals surface area contributed by atoms with E-state index in [9.17, 15) is 0 Å². The second-order valence-corrected chi connectivity index (χ2v) is 5.45. The Balaban J connectivity index is 2.14. The van der Waals surface area contributed by atoms with Crippen molar-refractivity contribution >= 4 is 0 Å². The van der Waals surface area contributed by atoms with Crippen LogP contribution in [0.1, 0.15) is 51.3 Å². The second kappa shape index (κ2) is 5.67. The predicted molar refractivity (Wildman–Crippen MR) is 70.7 cm³/mol.